The molecule has 0 fully saturated rings. The van der Waals surface area contributed by atoms with Gasteiger partial charge in [0.2, 0.25) is 0 Å². The highest BCUT2D eigenvalue weighted by atomic mass is 16.3. The lowest BCUT2D eigenvalue weighted by molar-refractivity contribution is 0.670. The van der Waals surface area contributed by atoms with Gasteiger partial charge < -0.3 is 8.98 Å². The third-order valence-corrected chi connectivity index (χ3v) is 14.5. The first-order chi connectivity index (χ1) is 35.7. The molecule has 3 heteroatoms. The van der Waals surface area contributed by atoms with Crippen LogP contribution in [0.4, 0.5) is 0 Å². The number of nitrogens with zero attached hydrogens (tertiary/aromatic N) is 2. The number of pyridine rings is 1. The van der Waals surface area contributed by atoms with Crippen LogP contribution in [0.3, 0.4) is 0 Å². The lowest BCUT2D eigenvalue weighted by atomic mass is 9.92. The highest BCUT2D eigenvalue weighted by Gasteiger charge is 2.18. The number of furan rings is 1. The van der Waals surface area contributed by atoms with Crippen LogP contribution in [0.15, 0.2) is 271 Å². The highest BCUT2D eigenvalue weighted by Crippen LogP contribution is 2.42. The molecule has 11 aromatic carbocycles. The molecule has 0 radical (unpaired) electrons. The number of para-hydroxylation sites is 3. The first kappa shape index (κ1) is 41.4. The fraction of sp³-hybridized carbons (Fsp3) is 0. The lowest BCUT2D eigenvalue weighted by Crippen LogP contribution is -1.95. The summed E-state index contributed by atoms with van der Waals surface area (Å²) in [5.74, 6) is 0. The predicted molar refractivity (Wildman–Crippen MR) is 301 cm³/mol. The molecule has 0 aliphatic rings. The van der Waals surface area contributed by atoms with Gasteiger partial charge in [0.25, 0.3) is 0 Å². The molecule has 0 atom stereocenters. The van der Waals surface area contributed by atoms with Crippen molar-refractivity contribution < 1.29 is 4.42 Å². The van der Waals surface area contributed by atoms with Gasteiger partial charge in [-0.25, -0.2) is 4.98 Å². The van der Waals surface area contributed by atoms with Gasteiger partial charge in [0.1, 0.15) is 11.2 Å². The maximum Gasteiger partial charge on any atom is 0.143 e. The summed E-state index contributed by atoms with van der Waals surface area (Å²) in [4.78, 5) is 5.35. The van der Waals surface area contributed by atoms with Crippen LogP contribution in [0, 0.1) is 0 Å². The monoisotopic (exact) mass is 916 g/mol. The zero-order chi connectivity index (χ0) is 47.5. The quantitative estimate of drug-likeness (QED) is 0.152. The Morgan fingerprint density at radius 2 is 0.722 bits per heavy atom. The number of aromatic nitrogens is 2. The van der Waals surface area contributed by atoms with E-state index in [0.29, 0.717) is 0 Å². The minimum Gasteiger partial charge on any atom is -0.455 e. The van der Waals surface area contributed by atoms with Crippen molar-refractivity contribution in [3.8, 4) is 83.8 Å². The Labute approximate surface area is 417 Å². The van der Waals surface area contributed by atoms with Crippen molar-refractivity contribution in [1.29, 1.82) is 0 Å². The van der Waals surface area contributed by atoms with Gasteiger partial charge in [0.15, 0.2) is 0 Å². The van der Waals surface area contributed by atoms with Gasteiger partial charge in [-0.1, -0.05) is 218 Å². The summed E-state index contributed by atoms with van der Waals surface area (Å²) in [6.45, 7) is 0. The molecule has 3 aromatic heterocycles. The van der Waals surface area contributed by atoms with Gasteiger partial charge >= 0.3 is 0 Å². The number of benzene rings is 11. The van der Waals surface area contributed by atoms with Gasteiger partial charge in [-0.15, -0.1) is 0 Å². The third kappa shape index (κ3) is 7.10. The summed E-state index contributed by atoms with van der Waals surface area (Å²) in [6, 6.07) is 95.9. The molecule has 72 heavy (non-hydrogen) atoms. The second kappa shape index (κ2) is 17.1. The van der Waals surface area contributed by atoms with Gasteiger partial charge in [-0.3, -0.25) is 0 Å². The SMILES string of the molecule is c1ccc(-c2ccc(-c3cc(-c4ccc(-c5ccccc5)cc4)nc(-c4ccc(-n5c6ccccc6c6cc(-c7cccc8c(-c9cccc%10c9oc9ccccc9%10)cccc78)ccc65)cc4)c3)cc2)cc1. The van der Waals surface area contributed by atoms with E-state index >= 15 is 0 Å². The smallest absolute Gasteiger partial charge is 0.143 e. The molecular weight excluding hydrogens is 873 g/mol. The van der Waals surface area contributed by atoms with Crippen LogP contribution in [0.25, 0.3) is 138 Å². The Bertz CT molecular complexity index is 4240. The molecule has 0 aliphatic heterocycles. The topological polar surface area (TPSA) is 31.0 Å². The third-order valence-electron chi connectivity index (χ3n) is 14.5. The number of hydrogen-bond acceptors (Lipinski definition) is 2. The molecule has 336 valence electrons. The molecule has 0 aliphatic carbocycles. The van der Waals surface area contributed by atoms with Crippen LogP contribution >= 0.6 is 0 Å². The van der Waals surface area contributed by atoms with E-state index in [2.05, 4.69) is 265 Å². The zero-order valence-electron chi connectivity index (χ0n) is 39.2. The first-order valence-electron chi connectivity index (χ1n) is 24.6. The summed E-state index contributed by atoms with van der Waals surface area (Å²) >= 11 is 0. The van der Waals surface area contributed by atoms with Crippen molar-refractivity contribution in [2.75, 3.05) is 0 Å². The van der Waals surface area contributed by atoms with E-state index in [1.807, 2.05) is 6.07 Å². The van der Waals surface area contributed by atoms with Gasteiger partial charge in [-0.05, 0) is 109 Å². The molecule has 14 aromatic rings. The van der Waals surface area contributed by atoms with Gasteiger partial charge in [0.05, 0.1) is 22.4 Å². The second-order valence-corrected chi connectivity index (χ2v) is 18.6. The van der Waals surface area contributed by atoms with Gasteiger partial charge in [-0.2, -0.15) is 0 Å². The molecule has 0 bridgehead atoms. The average Bonchev–Trinajstić information content (AvgIpc) is 4.01. The summed E-state index contributed by atoms with van der Waals surface area (Å²) in [7, 11) is 0. The van der Waals surface area contributed by atoms with E-state index in [4.69, 9.17) is 9.40 Å². The zero-order valence-corrected chi connectivity index (χ0v) is 39.2. The summed E-state index contributed by atoms with van der Waals surface area (Å²) in [6.07, 6.45) is 0. The van der Waals surface area contributed by atoms with E-state index in [9.17, 15) is 0 Å². The van der Waals surface area contributed by atoms with E-state index in [1.54, 1.807) is 0 Å². The molecule has 3 nitrogen and oxygen atoms in total. The van der Waals surface area contributed by atoms with Gasteiger partial charge in [0, 0.05) is 43.9 Å². The molecule has 0 spiro atoms. The van der Waals surface area contributed by atoms with E-state index < -0.39 is 0 Å². The standard InChI is InChI=1S/C69H44N2O/c1-3-14-45(15-4-1)47-28-30-49(31-29-47)53-43-64(50-34-32-48(33-35-50)46-16-5-2-6-17-46)70-65(44-53)51-36-39-54(40-37-51)71-66-26-9-7-18-59(66)63-42-52(38-41-67(63)71)55-20-11-22-57-56(55)21-12-23-58(57)61-24-13-25-62-60-19-8-10-27-68(60)72-69(61)62/h1-44H. The van der Waals surface area contributed by atoms with Crippen molar-refractivity contribution >= 4 is 54.5 Å². The summed E-state index contributed by atoms with van der Waals surface area (Å²) in [5, 5.41) is 7.10. The van der Waals surface area contributed by atoms with Crippen LogP contribution in [0.2, 0.25) is 0 Å². The van der Waals surface area contributed by atoms with Crippen molar-refractivity contribution in [3.05, 3.63) is 267 Å². The lowest BCUT2D eigenvalue weighted by Gasteiger charge is -2.13. The summed E-state index contributed by atoms with van der Waals surface area (Å²) < 4.78 is 8.92. The number of hydrogen-bond donors (Lipinski definition) is 0. The van der Waals surface area contributed by atoms with E-state index in [0.717, 1.165) is 83.4 Å². The number of rotatable bonds is 8. The molecule has 0 saturated heterocycles. The minimum atomic E-state index is 0.906. The van der Waals surface area contributed by atoms with Crippen LogP contribution in [-0.2, 0) is 0 Å². The van der Waals surface area contributed by atoms with Crippen molar-refractivity contribution in [2.45, 2.75) is 0 Å². The Balaban J connectivity index is 0.842. The molecule has 0 unspecified atom stereocenters. The van der Waals surface area contributed by atoms with Crippen LogP contribution in [0.5, 0.6) is 0 Å². The van der Waals surface area contributed by atoms with E-state index in [1.165, 1.54) is 54.9 Å². The average molecular weight is 917 g/mol. The Kier molecular flexibility index (Phi) is 9.85. The summed E-state index contributed by atoms with van der Waals surface area (Å²) in [5.41, 5.74) is 20.9. The predicted octanol–water partition coefficient (Wildman–Crippen LogP) is 18.9. The van der Waals surface area contributed by atoms with Crippen LogP contribution in [0.1, 0.15) is 0 Å². The van der Waals surface area contributed by atoms with Crippen molar-refractivity contribution in [3.63, 3.8) is 0 Å². The molecule has 3 heterocycles. The molecule has 0 amide bonds. The normalized spacial score (nSPS) is 11.6. The maximum absolute atomic E-state index is 6.53. The van der Waals surface area contributed by atoms with Crippen LogP contribution in [-0.4, -0.2) is 9.55 Å². The maximum atomic E-state index is 6.53. The number of fused-ring (bicyclic) bond motifs is 7. The Morgan fingerprint density at radius 3 is 1.39 bits per heavy atom. The molecular formula is C69H44N2O. The molecule has 0 N–H and O–H groups in total. The second-order valence-electron chi connectivity index (χ2n) is 18.6. The van der Waals surface area contributed by atoms with Crippen molar-refractivity contribution in [1.82, 2.24) is 9.55 Å². The minimum absolute atomic E-state index is 0.906. The Hall–Kier alpha value is -9.57. The van der Waals surface area contributed by atoms with Crippen LogP contribution < -0.4 is 0 Å². The van der Waals surface area contributed by atoms with Crippen molar-refractivity contribution in [2.24, 2.45) is 0 Å². The van der Waals surface area contributed by atoms with E-state index in [-0.39, 0.29) is 0 Å². The fourth-order valence-electron chi connectivity index (χ4n) is 10.9. The first-order valence-corrected chi connectivity index (χ1v) is 24.6. The largest absolute Gasteiger partial charge is 0.455 e. The fourth-order valence-corrected chi connectivity index (χ4v) is 10.9. The molecule has 14 rings (SSSR count). The highest BCUT2D eigenvalue weighted by molar-refractivity contribution is 6.15. The molecule has 0 saturated carbocycles. The Morgan fingerprint density at radius 1 is 0.264 bits per heavy atom.